The van der Waals surface area contributed by atoms with E-state index < -0.39 is 0 Å². The number of rotatable bonds is 2. The molecule has 1 aromatic carbocycles. The van der Waals surface area contributed by atoms with Crippen molar-refractivity contribution in [3.63, 3.8) is 0 Å². The summed E-state index contributed by atoms with van der Waals surface area (Å²) in [6.45, 7) is 7.82. The first-order valence-electron chi connectivity index (χ1n) is 5.91. The summed E-state index contributed by atoms with van der Waals surface area (Å²) in [7, 11) is 0. The Morgan fingerprint density at radius 3 is 2.81 bits per heavy atom. The molecule has 2 rings (SSSR count). The third-order valence-corrected chi connectivity index (χ3v) is 3.87. The minimum Gasteiger partial charge on any atom is -0.368 e. The first kappa shape index (κ1) is 11.9. The Bertz CT molecular complexity index is 352. The highest BCUT2D eigenvalue weighted by molar-refractivity contribution is 9.10. The Morgan fingerprint density at radius 2 is 2.12 bits per heavy atom. The van der Waals surface area contributed by atoms with Crippen LogP contribution in [0, 0.1) is 5.92 Å². The van der Waals surface area contributed by atoms with Crippen molar-refractivity contribution in [1.82, 2.24) is 5.32 Å². The first-order valence-corrected chi connectivity index (χ1v) is 6.70. The van der Waals surface area contributed by atoms with Crippen LogP contribution in [0.1, 0.15) is 13.8 Å². The number of hydrogen-bond donors (Lipinski definition) is 1. The molecule has 1 fully saturated rings. The normalized spacial score (nSPS) is 21.5. The third kappa shape index (κ3) is 2.58. The Kier molecular flexibility index (Phi) is 3.87. The monoisotopic (exact) mass is 282 g/mol. The van der Waals surface area contributed by atoms with Gasteiger partial charge in [-0.15, -0.1) is 0 Å². The molecule has 0 aliphatic carbocycles. The van der Waals surface area contributed by atoms with Gasteiger partial charge in [0.2, 0.25) is 0 Å². The summed E-state index contributed by atoms with van der Waals surface area (Å²) in [5, 5.41) is 3.58. The molecule has 0 saturated carbocycles. The summed E-state index contributed by atoms with van der Waals surface area (Å²) in [6.07, 6.45) is 0. The van der Waals surface area contributed by atoms with Crippen molar-refractivity contribution in [1.29, 1.82) is 0 Å². The van der Waals surface area contributed by atoms with Crippen molar-refractivity contribution in [3.05, 3.63) is 28.7 Å². The van der Waals surface area contributed by atoms with Crippen LogP contribution < -0.4 is 10.2 Å². The molecule has 0 bridgehead atoms. The molecule has 1 unspecified atom stereocenters. The Hall–Kier alpha value is -0.540. The molecule has 1 heterocycles. The fourth-order valence-electron chi connectivity index (χ4n) is 2.15. The van der Waals surface area contributed by atoms with Gasteiger partial charge in [0.15, 0.2) is 0 Å². The number of nitrogens with one attached hydrogen (secondary N) is 1. The van der Waals surface area contributed by atoms with E-state index in [1.54, 1.807) is 0 Å². The van der Waals surface area contributed by atoms with Crippen molar-refractivity contribution in [3.8, 4) is 0 Å². The summed E-state index contributed by atoms with van der Waals surface area (Å²) in [5.41, 5.74) is 1.31. The van der Waals surface area contributed by atoms with Gasteiger partial charge in [-0.2, -0.15) is 0 Å². The second kappa shape index (κ2) is 5.19. The number of para-hydroxylation sites is 1. The molecule has 2 nitrogen and oxygen atoms in total. The van der Waals surface area contributed by atoms with Crippen LogP contribution in [0.25, 0.3) is 0 Å². The van der Waals surface area contributed by atoms with Crippen LogP contribution >= 0.6 is 15.9 Å². The van der Waals surface area contributed by atoms with Gasteiger partial charge in [0.25, 0.3) is 0 Å². The van der Waals surface area contributed by atoms with E-state index in [9.17, 15) is 0 Å². The van der Waals surface area contributed by atoms with E-state index in [-0.39, 0.29) is 0 Å². The standard InChI is InChI=1S/C13H19BrN2/c1-10(2)12-9-16(8-7-15-12)13-6-4-3-5-11(13)14/h3-6,10,12,15H,7-9H2,1-2H3. The second-order valence-electron chi connectivity index (χ2n) is 4.70. The average Bonchev–Trinajstić information content (AvgIpc) is 2.30. The van der Waals surface area contributed by atoms with E-state index in [1.165, 1.54) is 10.2 Å². The van der Waals surface area contributed by atoms with Crippen molar-refractivity contribution in [2.24, 2.45) is 5.92 Å². The molecule has 3 heteroatoms. The maximum absolute atomic E-state index is 3.63. The quantitative estimate of drug-likeness (QED) is 0.898. The van der Waals surface area contributed by atoms with Gasteiger partial charge >= 0.3 is 0 Å². The Balaban J connectivity index is 2.13. The lowest BCUT2D eigenvalue weighted by Crippen LogP contribution is -2.53. The molecule has 1 aromatic rings. The zero-order valence-electron chi connectivity index (χ0n) is 9.91. The smallest absolute Gasteiger partial charge is 0.0511 e. The van der Waals surface area contributed by atoms with Crippen LogP contribution in [0.2, 0.25) is 0 Å². The molecule has 1 N–H and O–H groups in total. The molecule has 16 heavy (non-hydrogen) atoms. The van der Waals surface area contributed by atoms with Gasteiger partial charge in [-0.25, -0.2) is 0 Å². The van der Waals surface area contributed by atoms with Gasteiger partial charge in [0, 0.05) is 30.1 Å². The summed E-state index contributed by atoms with van der Waals surface area (Å²) in [6, 6.07) is 9.07. The van der Waals surface area contributed by atoms with Crippen LogP contribution in [0.3, 0.4) is 0 Å². The second-order valence-corrected chi connectivity index (χ2v) is 5.56. The molecule has 0 aromatic heterocycles. The number of halogens is 1. The highest BCUT2D eigenvalue weighted by Crippen LogP contribution is 2.27. The lowest BCUT2D eigenvalue weighted by Gasteiger charge is -2.37. The fourth-order valence-corrected chi connectivity index (χ4v) is 2.69. The van der Waals surface area contributed by atoms with Gasteiger partial charge in [-0.05, 0) is 34.0 Å². The first-order chi connectivity index (χ1) is 7.68. The van der Waals surface area contributed by atoms with Gasteiger partial charge < -0.3 is 10.2 Å². The predicted molar refractivity (Wildman–Crippen MR) is 73.0 cm³/mol. The van der Waals surface area contributed by atoms with Gasteiger partial charge in [-0.3, -0.25) is 0 Å². The molecule has 0 radical (unpaired) electrons. The molecule has 1 saturated heterocycles. The van der Waals surface area contributed by atoms with Gasteiger partial charge in [-0.1, -0.05) is 26.0 Å². The molecular weight excluding hydrogens is 264 g/mol. The summed E-state index contributed by atoms with van der Waals surface area (Å²) < 4.78 is 1.19. The van der Waals surface area contributed by atoms with Crippen molar-refractivity contribution in [2.75, 3.05) is 24.5 Å². The molecule has 1 atom stereocenters. The lowest BCUT2D eigenvalue weighted by atomic mass is 10.0. The predicted octanol–water partition coefficient (Wildman–Crippen LogP) is 2.88. The third-order valence-electron chi connectivity index (χ3n) is 3.20. The maximum atomic E-state index is 3.63. The van der Waals surface area contributed by atoms with Crippen LogP contribution in [0.4, 0.5) is 5.69 Å². The largest absolute Gasteiger partial charge is 0.368 e. The highest BCUT2D eigenvalue weighted by Gasteiger charge is 2.22. The maximum Gasteiger partial charge on any atom is 0.0511 e. The number of nitrogens with zero attached hydrogens (tertiary/aromatic N) is 1. The molecule has 1 aliphatic heterocycles. The zero-order chi connectivity index (χ0) is 11.5. The molecule has 0 amide bonds. The van der Waals surface area contributed by atoms with Gasteiger partial charge in [0.05, 0.1) is 5.69 Å². The minimum atomic E-state index is 0.598. The summed E-state index contributed by atoms with van der Waals surface area (Å²) >= 11 is 3.63. The van der Waals surface area contributed by atoms with Crippen molar-refractivity contribution in [2.45, 2.75) is 19.9 Å². The van der Waals surface area contributed by atoms with E-state index in [0.29, 0.717) is 12.0 Å². The number of hydrogen-bond acceptors (Lipinski definition) is 2. The van der Waals surface area contributed by atoms with Crippen LogP contribution in [-0.2, 0) is 0 Å². The molecule has 1 aliphatic rings. The van der Waals surface area contributed by atoms with Crippen LogP contribution in [0.5, 0.6) is 0 Å². The average molecular weight is 283 g/mol. The SMILES string of the molecule is CC(C)C1CN(c2ccccc2Br)CCN1. The van der Waals surface area contributed by atoms with E-state index in [1.807, 2.05) is 0 Å². The highest BCUT2D eigenvalue weighted by atomic mass is 79.9. The van der Waals surface area contributed by atoms with Crippen LogP contribution in [0.15, 0.2) is 28.7 Å². The number of piperazine rings is 1. The van der Waals surface area contributed by atoms with Gasteiger partial charge in [0.1, 0.15) is 0 Å². The Morgan fingerprint density at radius 1 is 1.38 bits per heavy atom. The lowest BCUT2D eigenvalue weighted by molar-refractivity contribution is 0.368. The van der Waals surface area contributed by atoms with Crippen molar-refractivity contribution < 1.29 is 0 Å². The van der Waals surface area contributed by atoms with E-state index in [2.05, 4.69) is 64.3 Å². The van der Waals surface area contributed by atoms with E-state index in [0.717, 1.165) is 19.6 Å². The summed E-state index contributed by atoms with van der Waals surface area (Å²) in [5.74, 6) is 0.685. The van der Waals surface area contributed by atoms with E-state index >= 15 is 0 Å². The summed E-state index contributed by atoms with van der Waals surface area (Å²) in [4.78, 5) is 2.46. The van der Waals surface area contributed by atoms with Crippen molar-refractivity contribution >= 4 is 21.6 Å². The molecule has 0 spiro atoms. The fraction of sp³-hybridized carbons (Fsp3) is 0.538. The van der Waals surface area contributed by atoms with E-state index in [4.69, 9.17) is 0 Å². The minimum absolute atomic E-state index is 0.598. The topological polar surface area (TPSA) is 15.3 Å². The number of anilines is 1. The molecular formula is C13H19BrN2. The number of benzene rings is 1. The van der Waals surface area contributed by atoms with Crippen LogP contribution in [-0.4, -0.2) is 25.7 Å². The molecule has 88 valence electrons. The zero-order valence-corrected chi connectivity index (χ0v) is 11.5. The Labute approximate surface area is 106 Å².